The molecule has 4 fully saturated rings. The molecule has 0 unspecified atom stereocenters. The van der Waals surface area contributed by atoms with Gasteiger partial charge in [-0.3, -0.25) is 0 Å². The molecule has 0 aromatic heterocycles. The molecule has 0 radical (unpaired) electrons. The van der Waals surface area contributed by atoms with Crippen LogP contribution in [0.5, 0.6) is 0 Å². The van der Waals surface area contributed by atoms with Gasteiger partial charge in [0.25, 0.3) is 0 Å². The van der Waals surface area contributed by atoms with Gasteiger partial charge >= 0.3 is 6.03 Å². The molecule has 2 spiro atoms. The lowest BCUT2D eigenvalue weighted by atomic mass is 9.97. The fraction of sp³-hybridized carbons (Fsp3) is 0.955. The first-order valence-electron chi connectivity index (χ1n) is 12.1. The van der Waals surface area contributed by atoms with E-state index in [9.17, 15) is 4.79 Å². The van der Waals surface area contributed by atoms with E-state index < -0.39 is 11.6 Å². The molecule has 30 heavy (non-hydrogen) atoms. The highest BCUT2D eigenvalue weighted by atomic mass is 17.4. The summed E-state index contributed by atoms with van der Waals surface area (Å²) in [5.41, 5.74) is 0. The van der Waals surface area contributed by atoms with E-state index >= 15 is 0 Å². The highest BCUT2D eigenvalue weighted by Gasteiger charge is 2.50. The second-order valence-corrected chi connectivity index (χ2v) is 9.21. The molecule has 8 heteroatoms. The monoisotopic (exact) mass is 426 g/mol. The Labute approximate surface area is 179 Å². The van der Waals surface area contributed by atoms with Crippen LogP contribution in [0.2, 0.25) is 0 Å². The molecule has 0 aromatic carbocycles. The van der Waals surface area contributed by atoms with E-state index in [1.54, 1.807) is 0 Å². The number of carbonyl (C=O) groups excluding carboxylic acids is 1. The number of piperidine rings is 1. The normalized spacial score (nSPS) is 28.7. The molecule has 2 amide bonds. The SMILES string of the molecule is O=C(N1CCOCC1)N1CCC2(CC1)OOC1(CCCCCCCCCCC1)OO2. The molecule has 1 aliphatic carbocycles. The Morgan fingerprint density at radius 1 is 0.533 bits per heavy atom. The van der Waals surface area contributed by atoms with Crippen molar-refractivity contribution >= 4 is 6.03 Å². The topological polar surface area (TPSA) is 69.7 Å². The quantitative estimate of drug-likeness (QED) is 0.542. The summed E-state index contributed by atoms with van der Waals surface area (Å²) in [5, 5.41) is 0. The number of morpholine rings is 1. The molecule has 172 valence electrons. The molecule has 3 saturated heterocycles. The molecule has 0 aromatic rings. The second-order valence-electron chi connectivity index (χ2n) is 9.21. The van der Waals surface area contributed by atoms with E-state index in [1.165, 1.54) is 44.9 Å². The van der Waals surface area contributed by atoms with Crippen LogP contribution < -0.4 is 0 Å². The summed E-state index contributed by atoms with van der Waals surface area (Å²) in [6.45, 7) is 3.66. The zero-order valence-corrected chi connectivity index (χ0v) is 18.3. The molecule has 0 bridgehead atoms. The summed E-state index contributed by atoms with van der Waals surface area (Å²) in [4.78, 5) is 40.1. The number of nitrogens with zero attached hydrogens (tertiary/aromatic N) is 2. The smallest absolute Gasteiger partial charge is 0.320 e. The van der Waals surface area contributed by atoms with Gasteiger partial charge in [-0.1, -0.05) is 44.9 Å². The number of ether oxygens (including phenoxy) is 1. The first-order chi connectivity index (χ1) is 14.7. The van der Waals surface area contributed by atoms with Crippen LogP contribution in [0.3, 0.4) is 0 Å². The molecule has 3 heterocycles. The van der Waals surface area contributed by atoms with E-state index in [0.717, 1.165) is 25.7 Å². The summed E-state index contributed by atoms with van der Waals surface area (Å²) in [7, 11) is 0. The number of carbonyl (C=O) groups is 1. The van der Waals surface area contributed by atoms with Crippen LogP contribution in [0, 0.1) is 0 Å². The molecular weight excluding hydrogens is 388 g/mol. The first-order valence-corrected chi connectivity index (χ1v) is 12.1. The minimum atomic E-state index is -0.906. The van der Waals surface area contributed by atoms with Crippen LogP contribution in [-0.4, -0.2) is 66.8 Å². The van der Waals surface area contributed by atoms with Gasteiger partial charge in [0.15, 0.2) is 0 Å². The Morgan fingerprint density at radius 3 is 1.43 bits per heavy atom. The summed E-state index contributed by atoms with van der Waals surface area (Å²) in [6.07, 6.45) is 13.7. The van der Waals surface area contributed by atoms with E-state index in [0.29, 0.717) is 52.2 Å². The molecule has 1 saturated carbocycles. The molecule has 4 aliphatic rings. The zero-order chi connectivity index (χ0) is 20.7. The second kappa shape index (κ2) is 10.6. The Morgan fingerprint density at radius 2 is 0.933 bits per heavy atom. The number of likely N-dealkylation sites (tertiary alicyclic amines) is 1. The molecular formula is C22H38N2O6. The standard InChI is InChI=1S/C22H38N2O6/c25-20(24-16-18-26-19-17-24)23-14-12-22(13-15-23)29-27-21(28-30-22)10-8-6-4-2-1-3-5-7-9-11-21/h1-19H2. The lowest BCUT2D eigenvalue weighted by molar-refractivity contribution is -0.661. The van der Waals surface area contributed by atoms with Crippen molar-refractivity contribution in [1.82, 2.24) is 9.80 Å². The van der Waals surface area contributed by atoms with Gasteiger partial charge in [-0.2, -0.15) is 19.6 Å². The van der Waals surface area contributed by atoms with Gasteiger partial charge in [0.2, 0.25) is 11.6 Å². The third kappa shape index (κ3) is 5.65. The summed E-state index contributed by atoms with van der Waals surface area (Å²) in [5.74, 6) is -1.69. The lowest BCUT2D eigenvalue weighted by Crippen LogP contribution is -2.58. The van der Waals surface area contributed by atoms with E-state index in [4.69, 9.17) is 24.3 Å². The van der Waals surface area contributed by atoms with Gasteiger partial charge in [0, 0.05) is 51.9 Å². The minimum absolute atomic E-state index is 0.0709. The van der Waals surface area contributed by atoms with Gasteiger partial charge in [-0.25, -0.2) is 4.79 Å². The van der Waals surface area contributed by atoms with Crippen LogP contribution in [-0.2, 0) is 24.3 Å². The fourth-order valence-electron chi connectivity index (χ4n) is 4.81. The molecule has 0 N–H and O–H groups in total. The van der Waals surface area contributed by atoms with Crippen molar-refractivity contribution in [3.8, 4) is 0 Å². The van der Waals surface area contributed by atoms with E-state index in [1.807, 2.05) is 9.80 Å². The highest BCUT2D eigenvalue weighted by Crippen LogP contribution is 2.40. The number of amides is 2. The number of rotatable bonds is 0. The van der Waals surface area contributed by atoms with Crippen LogP contribution >= 0.6 is 0 Å². The number of hydrogen-bond acceptors (Lipinski definition) is 6. The van der Waals surface area contributed by atoms with Crippen molar-refractivity contribution in [2.24, 2.45) is 0 Å². The maximum atomic E-state index is 12.7. The van der Waals surface area contributed by atoms with Crippen LogP contribution in [0.25, 0.3) is 0 Å². The van der Waals surface area contributed by atoms with Gasteiger partial charge in [-0.05, 0) is 12.8 Å². The van der Waals surface area contributed by atoms with E-state index in [-0.39, 0.29) is 6.03 Å². The van der Waals surface area contributed by atoms with Crippen molar-refractivity contribution in [3.05, 3.63) is 0 Å². The molecule has 8 nitrogen and oxygen atoms in total. The summed E-state index contributed by atoms with van der Waals surface area (Å²) < 4.78 is 5.34. The zero-order valence-electron chi connectivity index (χ0n) is 18.3. The predicted molar refractivity (Wildman–Crippen MR) is 109 cm³/mol. The van der Waals surface area contributed by atoms with Crippen molar-refractivity contribution in [1.29, 1.82) is 0 Å². The van der Waals surface area contributed by atoms with Crippen LogP contribution in [0.4, 0.5) is 4.79 Å². The van der Waals surface area contributed by atoms with Gasteiger partial charge in [0.05, 0.1) is 13.2 Å². The average Bonchev–Trinajstić information content (AvgIpc) is 2.79. The van der Waals surface area contributed by atoms with Crippen molar-refractivity contribution < 1.29 is 29.1 Å². The van der Waals surface area contributed by atoms with Gasteiger partial charge in [0.1, 0.15) is 0 Å². The minimum Gasteiger partial charge on any atom is -0.378 e. The van der Waals surface area contributed by atoms with Crippen LogP contribution in [0.15, 0.2) is 0 Å². The maximum Gasteiger partial charge on any atom is 0.320 e. The summed E-state index contributed by atoms with van der Waals surface area (Å²) >= 11 is 0. The Bertz CT molecular complexity index is 522. The predicted octanol–water partition coefficient (Wildman–Crippen LogP) is 4.14. The fourth-order valence-corrected chi connectivity index (χ4v) is 4.81. The highest BCUT2D eigenvalue weighted by molar-refractivity contribution is 5.74. The Balaban J connectivity index is 1.27. The lowest BCUT2D eigenvalue weighted by Gasteiger charge is -2.47. The number of hydrogen-bond donors (Lipinski definition) is 0. The maximum absolute atomic E-state index is 12.7. The van der Waals surface area contributed by atoms with Crippen molar-refractivity contribution in [2.45, 2.75) is 95.0 Å². The van der Waals surface area contributed by atoms with Crippen LogP contribution in [0.1, 0.15) is 83.5 Å². The Hall–Kier alpha value is -0.930. The van der Waals surface area contributed by atoms with E-state index in [2.05, 4.69) is 0 Å². The largest absolute Gasteiger partial charge is 0.378 e. The van der Waals surface area contributed by atoms with Gasteiger partial charge < -0.3 is 14.5 Å². The van der Waals surface area contributed by atoms with Crippen molar-refractivity contribution in [3.63, 3.8) is 0 Å². The van der Waals surface area contributed by atoms with Crippen molar-refractivity contribution in [2.75, 3.05) is 39.4 Å². The Kier molecular flexibility index (Phi) is 7.86. The first kappa shape index (κ1) is 22.3. The number of urea groups is 1. The third-order valence-corrected chi connectivity index (χ3v) is 6.88. The average molecular weight is 427 g/mol. The van der Waals surface area contributed by atoms with Gasteiger partial charge in [-0.15, -0.1) is 0 Å². The molecule has 0 atom stereocenters. The molecule has 4 rings (SSSR count). The third-order valence-electron chi connectivity index (χ3n) is 6.88. The summed E-state index contributed by atoms with van der Waals surface area (Å²) in [6, 6.07) is 0.0709. The molecule has 3 aliphatic heterocycles.